The maximum atomic E-state index is 14.7. The molecule has 0 spiro atoms. The quantitative estimate of drug-likeness (QED) is 0.266. The van der Waals surface area contributed by atoms with Crippen LogP contribution in [0.1, 0.15) is 30.5 Å². The highest BCUT2D eigenvalue weighted by Crippen LogP contribution is 2.43. The molecule has 0 aromatic heterocycles. The maximum absolute atomic E-state index is 14.7. The molecule has 0 saturated carbocycles. The van der Waals surface area contributed by atoms with Crippen LogP contribution in [0.3, 0.4) is 0 Å². The summed E-state index contributed by atoms with van der Waals surface area (Å²) in [5.74, 6) is 11.5. The van der Waals surface area contributed by atoms with E-state index in [-0.39, 0.29) is 36.4 Å². The molecule has 184 valence electrons. The number of phenolic OH excluding ortho intramolecular Hbond substituents is 1. The summed E-state index contributed by atoms with van der Waals surface area (Å²) in [6, 6.07) is 13.4. The summed E-state index contributed by atoms with van der Waals surface area (Å²) >= 11 is 0. The van der Waals surface area contributed by atoms with E-state index in [0.717, 1.165) is 40.0 Å². The standard InChI is InChI=1S/C29H29FN2O.2ClH/c1-6-8-16-31-24-13-10-22(11-14-24)27-19(3)20(4)28(29(33)21(27)5)23-12-15-26(25(30)18-23)32-17-9-7-2;;/h10-15,18,31-33H,16-17H2,1-5H3;2*1H. The number of halogens is 3. The number of rotatable bonds is 6. The van der Waals surface area contributed by atoms with E-state index in [1.807, 2.05) is 26.8 Å². The van der Waals surface area contributed by atoms with E-state index in [9.17, 15) is 9.50 Å². The van der Waals surface area contributed by atoms with Gasteiger partial charge in [-0.1, -0.05) is 0 Å². The molecule has 0 unspecified atom stereocenters. The average Bonchev–Trinajstić information content (AvgIpc) is 2.81. The van der Waals surface area contributed by atoms with Gasteiger partial charge in [0, 0.05) is 11.6 Å². The second kappa shape index (κ2) is 13.8. The molecule has 0 atom stereocenters. The minimum Gasteiger partial charge on any atom is -1.00 e. The fourth-order valence-electron chi connectivity index (χ4n) is 4.09. The molecule has 3 aromatic carbocycles. The third-order valence-corrected chi connectivity index (χ3v) is 5.99. The van der Waals surface area contributed by atoms with Crippen LogP contribution in [-0.2, 0) is 0 Å². The number of quaternary nitrogens is 2. The van der Waals surface area contributed by atoms with Gasteiger partial charge in [0.15, 0.2) is 11.5 Å². The normalized spacial score (nSPS) is 9.66. The molecule has 0 amide bonds. The number of benzene rings is 3. The van der Waals surface area contributed by atoms with E-state index in [1.54, 1.807) is 18.3 Å². The van der Waals surface area contributed by atoms with E-state index in [4.69, 9.17) is 0 Å². The van der Waals surface area contributed by atoms with Crippen LogP contribution in [0, 0.1) is 50.3 Å². The first-order valence-electron chi connectivity index (χ1n) is 11.1. The van der Waals surface area contributed by atoms with Gasteiger partial charge in [-0.15, -0.1) is 11.8 Å². The van der Waals surface area contributed by atoms with E-state index < -0.39 is 0 Å². The van der Waals surface area contributed by atoms with Gasteiger partial charge in [-0.2, -0.15) is 0 Å². The Balaban J connectivity index is 0.00000306. The van der Waals surface area contributed by atoms with Crippen LogP contribution >= 0.6 is 0 Å². The van der Waals surface area contributed by atoms with Crippen LogP contribution in [0.5, 0.6) is 5.75 Å². The van der Waals surface area contributed by atoms with Crippen molar-refractivity contribution in [2.75, 3.05) is 13.1 Å². The third kappa shape index (κ3) is 6.79. The van der Waals surface area contributed by atoms with Gasteiger partial charge in [0.1, 0.15) is 24.5 Å². The van der Waals surface area contributed by atoms with Crippen molar-refractivity contribution in [1.82, 2.24) is 0 Å². The van der Waals surface area contributed by atoms with Gasteiger partial charge in [-0.05, 0) is 116 Å². The Kier molecular flexibility index (Phi) is 11.8. The summed E-state index contributed by atoms with van der Waals surface area (Å²) in [5, 5.41) is 15.0. The van der Waals surface area contributed by atoms with Crippen molar-refractivity contribution in [3.05, 3.63) is 65.0 Å². The first kappa shape index (κ1) is 30.0. The summed E-state index contributed by atoms with van der Waals surface area (Å²) in [4.78, 5) is 0. The van der Waals surface area contributed by atoms with Crippen LogP contribution < -0.4 is 35.4 Å². The molecule has 0 saturated heterocycles. The van der Waals surface area contributed by atoms with Crippen molar-refractivity contribution >= 4 is 11.4 Å². The lowest BCUT2D eigenvalue weighted by Crippen LogP contribution is -3.00. The zero-order chi connectivity index (χ0) is 24.0. The fourth-order valence-corrected chi connectivity index (χ4v) is 4.09. The maximum Gasteiger partial charge on any atom is 0.184 e. The molecule has 6 heteroatoms. The summed E-state index contributed by atoms with van der Waals surface area (Å²) in [7, 11) is 0. The number of phenols is 1. The van der Waals surface area contributed by atoms with Crippen molar-refractivity contribution in [3.8, 4) is 51.7 Å². The van der Waals surface area contributed by atoms with Gasteiger partial charge in [0.25, 0.3) is 0 Å². The number of nitrogens with two attached hydrogens (primary N) is 2. The lowest BCUT2D eigenvalue weighted by atomic mass is 9.86. The predicted octanol–water partition coefficient (Wildman–Crippen LogP) is -1.77. The fraction of sp³-hybridized carbons (Fsp3) is 0.241. The molecule has 3 rings (SSSR count). The summed E-state index contributed by atoms with van der Waals surface area (Å²) in [5.41, 5.74) is 7.84. The molecule has 0 aliphatic carbocycles. The van der Waals surface area contributed by atoms with Gasteiger partial charge in [-0.3, -0.25) is 0 Å². The topological polar surface area (TPSA) is 53.5 Å². The molecular weight excluding hydrogens is 482 g/mol. The molecule has 3 aromatic rings. The SMILES string of the molecule is CC#CC[NH2+]c1ccc(-c2c(C)c(C)c(-c3ccc([NH2+]CC#CC)c(F)c3)c(O)c2C)cc1.[Cl-].[Cl-]. The minimum absolute atomic E-state index is 0. The van der Waals surface area contributed by atoms with E-state index in [1.165, 1.54) is 6.07 Å². The highest BCUT2D eigenvalue weighted by molar-refractivity contribution is 5.85. The second-order valence-corrected chi connectivity index (χ2v) is 8.00. The molecule has 0 fully saturated rings. The molecule has 0 aliphatic heterocycles. The predicted molar refractivity (Wildman–Crippen MR) is 133 cm³/mol. The average molecular weight is 513 g/mol. The van der Waals surface area contributed by atoms with Gasteiger partial charge in [0.2, 0.25) is 0 Å². The number of hydrogen-bond donors (Lipinski definition) is 3. The Morgan fingerprint density at radius 1 is 0.743 bits per heavy atom. The molecule has 0 aliphatic rings. The van der Waals surface area contributed by atoms with Gasteiger partial charge in [-0.25, -0.2) is 4.39 Å². The third-order valence-electron chi connectivity index (χ3n) is 5.99. The van der Waals surface area contributed by atoms with E-state index in [0.29, 0.717) is 23.4 Å². The molecular formula is C29H31Cl2FN2O. The first-order chi connectivity index (χ1) is 15.9. The van der Waals surface area contributed by atoms with Gasteiger partial charge >= 0.3 is 0 Å². The highest BCUT2D eigenvalue weighted by atomic mass is 35.5. The van der Waals surface area contributed by atoms with Gasteiger partial charge < -0.3 is 40.6 Å². The molecule has 0 radical (unpaired) electrons. The minimum atomic E-state index is -0.316. The first-order valence-corrected chi connectivity index (χ1v) is 11.1. The van der Waals surface area contributed by atoms with Crippen LogP contribution in [0.4, 0.5) is 15.8 Å². The Labute approximate surface area is 220 Å². The Morgan fingerprint density at radius 3 is 1.86 bits per heavy atom. The van der Waals surface area contributed by atoms with Crippen molar-refractivity contribution in [1.29, 1.82) is 0 Å². The second-order valence-electron chi connectivity index (χ2n) is 8.00. The monoisotopic (exact) mass is 512 g/mol. The van der Waals surface area contributed by atoms with Crippen molar-refractivity contribution in [3.63, 3.8) is 0 Å². The van der Waals surface area contributed by atoms with Crippen LogP contribution in [0.15, 0.2) is 42.5 Å². The Morgan fingerprint density at radius 2 is 1.29 bits per heavy atom. The van der Waals surface area contributed by atoms with Crippen molar-refractivity contribution in [2.24, 2.45) is 0 Å². The molecule has 35 heavy (non-hydrogen) atoms. The largest absolute Gasteiger partial charge is 1.00 e. The smallest absolute Gasteiger partial charge is 0.184 e. The Bertz CT molecular complexity index is 1270. The van der Waals surface area contributed by atoms with Crippen LogP contribution in [0.2, 0.25) is 0 Å². The van der Waals surface area contributed by atoms with Crippen molar-refractivity contribution in [2.45, 2.75) is 34.6 Å². The summed E-state index contributed by atoms with van der Waals surface area (Å²) in [6.45, 7) is 10.8. The summed E-state index contributed by atoms with van der Waals surface area (Å²) < 4.78 is 14.7. The zero-order valence-corrected chi connectivity index (χ0v) is 22.2. The van der Waals surface area contributed by atoms with Crippen molar-refractivity contribution < 1.29 is 44.9 Å². The lowest BCUT2D eigenvalue weighted by Gasteiger charge is -2.20. The lowest BCUT2D eigenvalue weighted by molar-refractivity contribution is -0.560. The summed E-state index contributed by atoms with van der Waals surface area (Å²) in [6.07, 6.45) is 0. The van der Waals surface area contributed by atoms with Gasteiger partial charge in [0.05, 0.1) is 0 Å². The molecule has 3 nitrogen and oxygen atoms in total. The van der Waals surface area contributed by atoms with Crippen LogP contribution in [-0.4, -0.2) is 18.2 Å². The highest BCUT2D eigenvalue weighted by Gasteiger charge is 2.20. The number of hydrogen-bond acceptors (Lipinski definition) is 1. The van der Waals surface area contributed by atoms with Crippen LogP contribution in [0.25, 0.3) is 22.3 Å². The number of aromatic hydroxyl groups is 1. The zero-order valence-electron chi connectivity index (χ0n) is 20.7. The van der Waals surface area contributed by atoms with E-state index in [2.05, 4.69) is 60.2 Å². The molecule has 0 bridgehead atoms. The molecule has 0 heterocycles. The van der Waals surface area contributed by atoms with E-state index >= 15 is 0 Å². The molecule has 5 N–H and O–H groups in total. The Hall–Kier alpha value is -2.99.